The maximum atomic E-state index is 13.9. The lowest BCUT2D eigenvalue weighted by Gasteiger charge is -2.21. The minimum atomic E-state index is -4.07. The maximum Gasteiger partial charge on any atom is 0.647 e. The average Bonchev–Trinajstić information content (AvgIpc) is 2.73. The Bertz CT molecular complexity index is 1250. The van der Waals surface area contributed by atoms with Gasteiger partial charge >= 0.3 is 7.82 Å². The molecule has 164 valence electrons. The van der Waals surface area contributed by atoms with Gasteiger partial charge in [-0.05, 0) is 72.2 Å². The summed E-state index contributed by atoms with van der Waals surface area (Å²) in [5.74, 6) is 1.68. The predicted octanol–water partition coefficient (Wildman–Crippen LogP) is 8.22. The lowest BCUT2D eigenvalue weighted by Crippen LogP contribution is -2.08. The molecule has 0 heterocycles. The number of phosphoric acid groups is 1. The minimum Gasteiger partial charge on any atom is -0.386 e. The molecule has 0 amide bonds. The fourth-order valence-corrected chi connectivity index (χ4v) is 4.86. The summed E-state index contributed by atoms with van der Waals surface area (Å²) in [5.41, 5.74) is 3.16. The highest BCUT2D eigenvalue weighted by Crippen LogP contribution is 2.51. The highest BCUT2D eigenvalue weighted by molar-refractivity contribution is 7.49. The molecule has 0 bridgehead atoms. The second kappa shape index (κ2) is 9.10. The van der Waals surface area contributed by atoms with Gasteiger partial charge < -0.3 is 13.6 Å². The zero-order valence-electron chi connectivity index (χ0n) is 18.7. The molecule has 4 aromatic rings. The first-order chi connectivity index (χ1) is 15.3. The molecular formula is C27H27O4P. The molecule has 5 heteroatoms. The number of aryl methyl sites for hydroxylation is 2. The van der Waals surface area contributed by atoms with E-state index in [2.05, 4.69) is 13.8 Å². The van der Waals surface area contributed by atoms with Gasteiger partial charge in [0.1, 0.15) is 17.2 Å². The van der Waals surface area contributed by atoms with Crippen LogP contribution in [0.2, 0.25) is 0 Å². The Kier molecular flexibility index (Phi) is 6.25. The lowest BCUT2D eigenvalue weighted by atomic mass is 10.0. The fraction of sp³-hybridized carbons (Fsp3) is 0.185. The molecule has 0 aliphatic rings. The normalized spacial score (nSPS) is 13.0. The van der Waals surface area contributed by atoms with Gasteiger partial charge in [0.2, 0.25) is 0 Å². The highest BCUT2D eigenvalue weighted by Gasteiger charge is 2.34. The van der Waals surface area contributed by atoms with Gasteiger partial charge in [0.05, 0.1) is 0 Å². The van der Waals surface area contributed by atoms with Crippen molar-refractivity contribution in [1.29, 1.82) is 0 Å². The summed E-state index contributed by atoms with van der Waals surface area (Å²) in [5, 5.41) is 1.81. The maximum absolute atomic E-state index is 13.9. The zero-order chi connectivity index (χ0) is 22.7. The molecule has 0 fully saturated rings. The molecule has 0 aliphatic carbocycles. The van der Waals surface area contributed by atoms with E-state index >= 15 is 0 Å². The van der Waals surface area contributed by atoms with Gasteiger partial charge in [0, 0.05) is 5.39 Å². The van der Waals surface area contributed by atoms with Crippen molar-refractivity contribution >= 4 is 18.6 Å². The number of rotatable bonds is 7. The van der Waals surface area contributed by atoms with Crippen molar-refractivity contribution in [3.63, 3.8) is 0 Å². The second-order valence-corrected chi connectivity index (χ2v) is 9.69. The van der Waals surface area contributed by atoms with Crippen LogP contribution in [-0.2, 0) is 4.57 Å². The second-order valence-electron chi connectivity index (χ2n) is 8.25. The lowest BCUT2D eigenvalue weighted by molar-refractivity contribution is 0.299. The molecule has 4 aromatic carbocycles. The van der Waals surface area contributed by atoms with Crippen LogP contribution in [0.4, 0.5) is 0 Å². The van der Waals surface area contributed by atoms with Gasteiger partial charge in [-0.25, -0.2) is 0 Å². The zero-order valence-corrected chi connectivity index (χ0v) is 19.6. The van der Waals surface area contributed by atoms with E-state index in [0.29, 0.717) is 23.2 Å². The van der Waals surface area contributed by atoms with Gasteiger partial charge in [-0.15, -0.1) is 0 Å². The third-order valence-corrected chi connectivity index (χ3v) is 6.43. The Balaban J connectivity index is 1.72. The first-order valence-corrected chi connectivity index (χ1v) is 12.1. The smallest absolute Gasteiger partial charge is 0.386 e. The molecule has 0 aliphatic heterocycles. The average molecular weight is 446 g/mol. The molecular weight excluding hydrogens is 419 g/mol. The van der Waals surface area contributed by atoms with Crippen LogP contribution >= 0.6 is 7.82 Å². The van der Waals surface area contributed by atoms with Gasteiger partial charge in [-0.3, -0.25) is 0 Å². The summed E-state index contributed by atoms with van der Waals surface area (Å²) in [6.45, 7) is 8.16. The quantitative estimate of drug-likeness (QED) is 0.268. The fourth-order valence-electron chi connectivity index (χ4n) is 3.61. The summed E-state index contributed by atoms with van der Waals surface area (Å²) < 4.78 is 31.7. The standard InChI is InChI=1S/C27H27O4P/c1-19(2)22-12-14-24(15-13-22)29-32(28,30-25-17-20(3)16-21(4)18-25)31-27-11-7-9-23-8-5-6-10-26(23)27/h5-19H,1-4H3. The first kappa shape index (κ1) is 22.0. The van der Waals surface area contributed by atoms with E-state index in [4.69, 9.17) is 13.6 Å². The molecule has 4 rings (SSSR count). The Morgan fingerprint density at radius 3 is 2.00 bits per heavy atom. The SMILES string of the molecule is Cc1cc(C)cc(OP(=O)(Oc2ccc(C(C)C)cc2)Oc2cccc3ccccc23)c1. The summed E-state index contributed by atoms with van der Waals surface area (Å²) >= 11 is 0. The van der Waals surface area contributed by atoms with Crippen molar-refractivity contribution in [2.75, 3.05) is 0 Å². The monoisotopic (exact) mass is 446 g/mol. The number of hydrogen-bond acceptors (Lipinski definition) is 4. The molecule has 0 N–H and O–H groups in total. The molecule has 0 aromatic heterocycles. The summed E-state index contributed by atoms with van der Waals surface area (Å²) in [7, 11) is -4.07. The van der Waals surface area contributed by atoms with E-state index in [1.54, 1.807) is 18.2 Å². The van der Waals surface area contributed by atoms with Crippen LogP contribution in [0.5, 0.6) is 17.2 Å². The summed E-state index contributed by atoms with van der Waals surface area (Å²) in [6, 6.07) is 26.5. The molecule has 4 nitrogen and oxygen atoms in total. The largest absolute Gasteiger partial charge is 0.647 e. The molecule has 32 heavy (non-hydrogen) atoms. The number of fused-ring (bicyclic) bond motifs is 1. The van der Waals surface area contributed by atoms with Crippen molar-refractivity contribution in [2.45, 2.75) is 33.6 Å². The third-order valence-electron chi connectivity index (χ3n) is 5.14. The van der Waals surface area contributed by atoms with E-state index in [1.165, 1.54) is 0 Å². The van der Waals surface area contributed by atoms with E-state index in [0.717, 1.165) is 27.5 Å². The Morgan fingerprint density at radius 2 is 1.31 bits per heavy atom. The number of phosphoric ester groups is 1. The number of hydrogen-bond donors (Lipinski definition) is 0. The molecule has 0 spiro atoms. The van der Waals surface area contributed by atoms with E-state index in [-0.39, 0.29) is 0 Å². The van der Waals surface area contributed by atoms with Gasteiger partial charge in [0.25, 0.3) is 0 Å². The Labute approximate surface area is 189 Å². The number of benzene rings is 4. The van der Waals surface area contributed by atoms with Crippen molar-refractivity contribution in [1.82, 2.24) is 0 Å². The molecule has 0 radical (unpaired) electrons. The van der Waals surface area contributed by atoms with Crippen LogP contribution in [0.15, 0.2) is 84.9 Å². The Hall–Kier alpha value is -3.23. The van der Waals surface area contributed by atoms with Gasteiger partial charge in [-0.2, -0.15) is 4.57 Å². The van der Waals surface area contributed by atoms with Crippen molar-refractivity contribution in [3.05, 3.63) is 102 Å². The van der Waals surface area contributed by atoms with Crippen LogP contribution < -0.4 is 13.6 Å². The summed E-state index contributed by atoms with van der Waals surface area (Å²) in [4.78, 5) is 0. The molecule has 1 atom stereocenters. The van der Waals surface area contributed by atoms with E-state index in [1.807, 2.05) is 80.6 Å². The minimum absolute atomic E-state index is 0.384. The third kappa shape index (κ3) is 5.15. The van der Waals surface area contributed by atoms with E-state index in [9.17, 15) is 4.57 Å². The van der Waals surface area contributed by atoms with Crippen LogP contribution in [0.3, 0.4) is 0 Å². The predicted molar refractivity (Wildman–Crippen MR) is 130 cm³/mol. The summed E-state index contributed by atoms with van der Waals surface area (Å²) in [6.07, 6.45) is 0. The van der Waals surface area contributed by atoms with Crippen LogP contribution in [0.1, 0.15) is 36.5 Å². The van der Waals surface area contributed by atoms with Gasteiger partial charge in [0.15, 0.2) is 0 Å². The Morgan fingerprint density at radius 1 is 0.688 bits per heavy atom. The molecule has 0 saturated carbocycles. The topological polar surface area (TPSA) is 44.8 Å². The van der Waals surface area contributed by atoms with Crippen molar-refractivity contribution in [2.24, 2.45) is 0 Å². The first-order valence-electron chi connectivity index (χ1n) is 10.7. The van der Waals surface area contributed by atoms with Crippen LogP contribution in [-0.4, -0.2) is 0 Å². The van der Waals surface area contributed by atoms with Crippen LogP contribution in [0, 0.1) is 13.8 Å². The highest BCUT2D eigenvalue weighted by atomic mass is 31.2. The molecule has 0 saturated heterocycles. The van der Waals surface area contributed by atoms with Crippen LogP contribution in [0.25, 0.3) is 10.8 Å². The van der Waals surface area contributed by atoms with Crippen molar-refractivity contribution < 1.29 is 18.1 Å². The van der Waals surface area contributed by atoms with E-state index < -0.39 is 7.82 Å². The molecule has 1 unspecified atom stereocenters. The van der Waals surface area contributed by atoms with Gasteiger partial charge in [-0.1, -0.05) is 68.4 Å². The van der Waals surface area contributed by atoms with Crippen molar-refractivity contribution in [3.8, 4) is 17.2 Å².